The van der Waals surface area contributed by atoms with Gasteiger partial charge in [-0.15, -0.1) is 0 Å². The minimum atomic E-state index is -0.645. The van der Waals surface area contributed by atoms with Crippen LogP contribution in [-0.4, -0.2) is 23.8 Å². The van der Waals surface area contributed by atoms with Crippen molar-refractivity contribution in [2.75, 3.05) is 0 Å². The lowest BCUT2D eigenvalue weighted by atomic mass is 10.0. The molecule has 0 saturated heterocycles. The van der Waals surface area contributed by atoms with Gasteiger partial charge in [-0.25, -0.2) is 5.48 Å². The van der Waals surface area contributed by atoms with Crippen molar-refractivity contribution in [1.82, 2.24) is 16.1 Å². The third kappa shape index (κ3) is 11.4. The van der Waals surface area contributed by atoms with Crippen molar-refractivity contribution in [3.05, 3.63) is 108 Å². The van der Waals surface area contributed by atoms with E-state index in [-0.39, 0.29) is 17.7 Å². The second kappa shape index (κ2) is 16.7. The van der Waals surface area contributed by atoms with Gasteiger partial charge in [-0.3, -0.25) is 19.2 Å². The summed E-state index contributed by atoms with van der Waals surface area (Å²) in [5.41, 5.74) is 5.45. The van der Waals surface area contributed by atoms with Crippen molar-refractivity contribution in [3.8, 4) is 0 Å². The normalized spacial score (nSPS) is 11.4. The van der Waals surface area contributed by atoms with Gasteiger partial charge >= 0.3 is 0 Å². The van der Waals surface area contributed by atoms with E-state index in [9.17, 15) is 14.4 Å². The Morgan fingerprint density at radius 2 is 1.16 bits per heavy atom. The number of unbranched alkanes of at least 4 members (excludes halogenated alkanes) is 3. The number of benzene rings is 3. The molecular weight excluding hydrogens is 478 g/mol. The topological polar surface area (TPSA) is 96.5 Å². The van der Waals surface area contributed by atoms with Gasteiger partial charge in [0.2, 0.25) is 17.7 Å². The molecule has 0 heterocycles. The predicted molar refractivity (Wildman–Crippen MR) is 147 cm³/mol. The van der Waals surface area contributed by atoms with E-state index in [1.165, 1.54) is 0 Å². The van der Waals surface area contributed by atoms with Gasteiger partial charge in [-0.1, -0.05) is 104 Å². The van der Waals surface area contributed by atoms with Gasteiger partial charge < -0.3 is 10.6 Å². The van der Waals surface area contributed by atoms with Crippen LogP contribution in [-0.2, 0) is 38.8 Å². The van der Waals surface area contributed by atoms with Crippen molar-refractivity contribution in [2.45, 2.75) is 64.1 Å². The molecule has 1 atom stereocenters. The molecule has 7 nitrogen and oxygen atoms in total. The maximum absolute atomic E-state index is 12.9. The van der Waals surface area contributed by atoms with Crippen LogP contribution in [0.3, 0.4) is 0 Å². The summed E-state index contributed by atoms with van der Waals surface area (Å²) in [6, 6.07) is 28.4. The minimum absolute atomic E-state index is 0.146. The lowest BCUT2D eigenvalue weighted by molar-refractivity contribution is -0.134. The lowest BCUT2D eigenvalue weighted by Gasteiger charge is -2.19. The van der Waals surface area contributed by atoms with Crippen LogP contribution in [0.4, 0.5) is 0 Å². The first-order chi connectivity index (χ1) is 18.6. The zero-order valence-corrected chi connectivity index (χ0v) is 21.7. The summed E-state index contributed by atoms with van der Waals surface area (Å²) >= 11 is 0. The Morgan fingerprint density at radius 1 is 0.632 bits per heavy atom. The standard InChI is InChI=1S/C31H37N3O4/c35-29(20-12-1-2-13-21-30(36)34-38-24-27-18-10-5-11-19-27)33-28(22-25-14-6-3-7-15-25)31(37)32-23-26-16-8-4-9-17-26/h3-11,14-19,28H,1-2,12-13,20-24H2,(H,32,37)(H,33,35)(H,34,36)/t28-/m0/s1. The lowest BCUT2D eigenvalue weighted by Crippen LogP contribution is -2.47. The van der Waals surface area contributed by atoms with E-state index >= 15 is 0 Å². The van der Waals surface area contributed by atoms with E-state index in [0.29, 0.717) is 38.8 Å². The predicted octanol–water partition coefficient (Wildman–Crippen LogP) is 4.62. The molecule has 0 saturated carbocycles. The molecule has 0 unspecified atom stereocenters. The fourth-order valence-electron chi connectivity index (χ4n) is 3.98. The van der Waals surface area contributed by atoms with Gasteiger partial charge in [0.25, 0.3) is 0 Å². The van der Waals surface area contributed by atoms with E-state index in [4.69, 9.17) is 4.84 Å². The Morgan fingerprint density at radius 3 is 1.76 bits per heavy atom. The first kappa shape index (κ1) is 28.6. The fourth-order valence-corrected chi connectivity index (χ4v) is 3.98. The number of rotatable bonds is 16. The Bertz CT molecular complexity index is 1110. The van der Waals surface area contributed by atoms with Gasteiger partial charge in [-0.2, -0.15) is 0 Å². The Hall–Kier alpha value is -3.97. The summed E-state index contributed by atoms with van der Waals surface area (Å²) in [5, 5.41) is 5.86. The smallest absolute Gasteiger partial charge is 0.243 e. The number of hydrogen-bond acceptors (Lipinski definition) is 4. The number of carbonyl (C=O) groups is 3. The molecule has 0 bridgehead atoms. The molecule has 3 aromatic carbocycles. The van der Waals surface area contributed by atoms with Crippen molar-refractivity contribution in [1.29, 1.82) is 0 Å². The second-order valence-corrected chi connectivity index (χ2v) is 9.23. The molecule has 3 amide bonds. The Labute approximate surface area is 224 Å². The van der Waals surface area contributed by atoms with Crippen molar-refractivity contribution < 1.29 is 19.2 Å². The van der Waals surface area contributed by atoms with Gasteiger partial charge in [0, 0.05) is 25.8 Å². The van der Waals surface area contributed by atoms with Gasteiger partial charge in [-0.05, 0) is 29.5 Å². The number of hydrogen-bond donors (Lipinski definition) is 3. The van der Waals surface area contributed by atoms with Crippen molar-refractivity contribution in [2.24, 2.45) is 0 Å². The molecular formula is C31H37N3O4. The van der Waals surface area contributed by atoms with Crippen molar-refractivity contribution in [3.63, 3.8) is 0 Å². The first-order valence-electron chi connectivity index (χ1n) is 13.2. The van der Waals surface area contributed by atoms with Crippen LogP contribution in [0.25, 0.3) is 0 Å². The average molecular weight is 516 g/mol. The maximum atomic E-state index is 12.9. The number of hydroxylamine groups is 1. The Kier molecular flexibility index (Phi) is 12.6. The Balaban J connectivity index is 1.33. The van der Waals surface area contributed by atoms with Crippen LogP contribution in [0, 0.1) is 0 Å². The van der Waals surface area contributed by atoms with E-state index < -0.39 is 6.04 Å². The summed E-state index contributed by atoms with van der Waals surface area (Å²) in [4.78, 5) is 42.7. The monoisotopic (exact) mass is 515 g/mol. The molecule has 3 N–H and O–H groups in total. The van der Waals surface area contributed by atoms with Crippen LogP contribution in [0.5, 0.6) is 0 Å². The van der Waals surface area contributed by atoms with Gasteiger partial charge in [0.15, 0.2) is 0 Å². The van der Waals surface area contributed by atoms with Gasteiger partial charge in [0.1, 0.15) is 6.04 Å². The van der Waals surface area contributed by atoms with E-state index in [1.807, 2.05) is 91.0 Å². The molecule has 0 aliphatic carbocycles. The number of carbonyl (C=O) groups excluding carboxylic acids is 3. The molecule has 0 fully saturated rings. The molecule has 0 radical (unpaired) electrons. The van der Waals surface area contributed by atoms with E-state index in [1.54, 1.807) is 0 Å². The highest BCUT2D eigenvalue weighted by Gasteiger charge is 2.21. The highest BCUT2D eigenvalue weighted by Crippen LogP contribution is 2.08. The summed E-state index contributed by atoms with van der Waals surface area (Å²) in [5.74, 6) is -0.497. The van der Waals surface area contributed by atoms with Crippen LogP contribution >= 0.6 is 0 Å². The van der Waals surface area contributed by atoms with E-state index in [0.717, 1.165) is 36.0 Å². The van der Waals surface area contributed by atoms with E-state index in [2.05, 4.69) is 16.1 Å². The quantitative estimate of drug-likeness (QED) is 0.192. The SMILES string of the molecule is O=C(CCCCCCC(=O)N[C@@H](Cc1ccccc1)C(=O)NCc1ccccc1)NOCc1ccccc1. The number of nitrogens with one attached hydrogen (secondary N) is 3. The summed E-state index contributed by atoms with van der Waals surface area (Å²) in [6.07, 6.45) is 4.22. The molecule has 3 rings (SSSR count). The summed E-state index contributed by atoms with van der Waals surface area (Å²) < 4.78 is 0. The third-order valence-electron chi connectivity index (χ3n) is 6.07. The molecule has 7 heteroatoms. The molecule has 0 spiro atoms. The molecule has 38 heavy (non-hydrogen) atoms. The third-order valence-corrected chi connectivity index (χ3v) is 6.07. The molecule has 0 aliphatic rings. The minimum Gasteiger partial charge on any atom is -0.350 e. The highest BCUT2D eigenvalue weighted by molar-refractivity contribution is 5.87. The molecule has 0 aromatic heterocycles. The zero-order valence-electron chi connectivity index (χ0n) is 21.7. The maximum Gasteiger partial charge on any atom is 0.243 e. The number of amides is 3. The van der Waals surface area contributed by atoms with Crippen LogP contribution in [0.15, 0.2) is 91.0 Å². The fraction of sp³-hybridized carbons (Fsp3) is 0.323. The molecule has 3 aromatic rings. The highest BCUT2D eigenvalue weighted by atomic mass is 16.6. The van der Waals surface area contributed by atoms with Crippen molar-refractivity contribution >= 4 is 17.7 Å². The first-order valence-corrected chi connectivity index (χ1v) is 13.2. The van der Waals surface area contributed by atoms with Crippen LogP contribution < -0.4 is 16.1 Å². The van der Waals surface area contributed by atoms with Gasteiger partial charge in [0.05, 0.1) is 6.61 Å². The molecule has 0 aliphatic heterocycles. The average Bonchev–Trinajstić information content (AvgIpc) is 2.95. The van der Waals surface area contributed by atoms with Crippen LogP contribution in [0.1, 0.15) is 55.2 Å². The second-order valence-electron chi connectivity index (χ2n) is 9.23. The summed E-state index contributed by atoms with van der Waals surface area (Å²) in [7, 11) is 0. The zero-order chi connectivity index (χ0) is 26.8. The molecule has 200 valence electrons. The largest absolute Gasteiger partial charge is 0.350 e. The van der Waals surface area contributed by atoms with Crippen LogP contribution in [0.2, 0.25) is 0 Å². The summed E-state index contributed by atoms with van der Waals surface area (Å²) in [6.45, 7) is 0.739.